The highest BCUT2D eigenvalue weighted by atomic mass is 32.2. The van der Waals surface area contributed by atoms with Gasteiger partial charge in [0.15, 0.2) is 0 Å². The molecule has 152 valence electrons. The van der Waals surface area contributed by atoms with E-state index < -0.39 is 15.9 Å². The maximum Gasteiger partial charge on any atom is 0.255 e. The average molecular weight is 413 g/mol. The highest BCUT2D eigenvalue weighted by Crippen LogP contribution is 2.22. The zero-order valence-electron chi connectivity index (χ0n) is 16.4. The number of rotatable bonds is 7. The molecule has 2 rings (SSSR count). The second kappa shape index (κ2) is 9.37. The van der Waals surface area contributed by atoms with Crippen LogP contribution in [0.3, 0.4) is 0 Å². The minimum Gasteiger partial charge on any atom is -0.326 e. The third-order valence-electron chi connectivity index (χ3n) is 4.07. The third kappa shape index (κ3) is 5.91. The second-order valence-electron chi connectivity index (χ2n) is 6.68. The van der Waals surface area contributed by atoms with Gasteiger partial charge in [0.1, 0.15) is 0 Å². The van der Waals surface area contributed by atoms with E-state index in [1.54, 1.807) is 32.0 Å². The molecular formula is C21H23N3O4S. The molecule has 7 nitrogen and oxygen atoms in total. The monoisotopic (exact) mass is 413 g/mol. The molecule has 0 saturated heterocycles. The van der Waals surface area contributed by atoms with Gasteiger partial charge < -0.3 is 10.6 Å². The first-order valence-corrected chi connectivity index (χ1v) is 10.4. The van der Waals surface area contributed by atoms with E-state index in [0.29, 0.717) is 11.4 Å². The largest absolute Gasteiger partial charge is 0.326 e. The van der Waals surface area contributed by atoms with Gasteiger partial charge in [0.25, 0.3) is 5.91 Å². The molecular weight excluding hydrogens is 390 g/mol. The van der Waals surface area contributed by atoms with Crippen molar-refractivity contribution in [3.63, 3.8) is 0 Å². The Morgan fingerprint density at radius 2 is 1.72 bits per heavy atom. The molecule has 0 bridgehead atoms. The van der Waals surface area contributed by atoms with Crippen LogP contribution < -0.4 is 15.4 Å². The van der Waals surface area contributed by atoms with Crippen LogP contribution in [0.2, 0.25) is 0 Å². The lowest BCUT2D eigenvalue weighted by Crippen LogP contribution is -2.24. The van der Waals surface area contributed by atoms with Gasteiger partial charge in [0, 0.05) is 22.9 Å². The first-order valence-electron chi connectivity index (χ1n) is 8.90. The molecule has 0 spiro atoms. The number of aryl methyl sites for hydroxylation is 1. The van der Waals surface area contributed by atoms with Crippen molar-refractivity contribution in [2.45, 2.75) is 25.7 Å². The minimum absolute atomic E-state index is 0.0128. The Hall–Kier alpha value is -3.15. The summed E-state index contributed by atoms with van der Waals surface area (Å²) in [6.07, 6.45) is 5.06. The number of nitrogens with one attached hydrogen (secondary N) is 3. The summed E-state index contributed by atoms with van der Waals surface area (Å²) in [5, 5.41) is 5.56. The third-order valence-corrected chi connectivity index (χ3v) is 5.49. The zero-order chi connectivity index (χ0) is 21.6. The van der Waals surface area contributed by atoms with Gasteiger partial charge in [0.2, 0.25) is 15.9 Å². The number of hydrogen-bond donors (Lipinski definition) is 3. The molecule has 0 aliphatic rings. The number of sulfonamides is 1. The fraction of sp³-hybridized carbons (Fsp3) is 0.238. The van der Waals surface area contributed by atoms with Crippen molar-refractivity contribution in [3.05, 3.63) is 53.6 Å². The zero-order valence-corrected chi connectivity index (χ0v) is 17.3. The van der Waals surface area contributed by atoms with E-state index in [1.807, 2.05) is 6.92 Å². The van der Waals surface area contributed by atoms with E-state index in [4.69, 9.17) is 6.42 Å². The smallest absolute Gasteiger partial charge is 0.255 e. The lowest BCUT2D eigenvalue weighted by molar-refractivity contribution is -0.118. The molecule has 8 heteroatoms. The number of terminal acetylenes is 1. The summed E-state index contributed by atoms with van der Waals surface area (Å²) in [5.41, 5.74) is 2.23. The van der Waals surface area contributed by atoms with E-state index in [2.05, 4.69) is 21.3 Å². The Balaban J connectivity index is 2.16. The molecule has 0 radical (unpaired) electrons. The molecule has 0 aliphatic heterocycles. The summed E-state index contributed by atoms with van der Waals surface area (Å²) in [4.78, 5) is 24.4. The molecule has 0 aliphatic carbocycles. The Kier molecular flexibility index (Phi) is 7.15. The van der Waals surface area contributed by atoms with Crippen LogP contribution in [0.4, 0.5) is 11.4 Å². The van der Waals surface area contributed by atoms with Gasteiger partial charge in [-0.1, -0.05) is 25.8 Å². The van der Waals surface area contributed by atoms with Gasteiger partial charge in [-0.05, 0) is 48.9 Å². The number of carbonyl (C=O) groups excluding carboxylic acids is 2. The maximum atomic E-state index is 12.6. The molecule has 2 aromatic carbocycles. The number of carbonyl (C=O) groups is 2. The summed E-state index contributed by atoms with van der Waals surface area (Å²) in [6.45, 7) is 5.29. The summed E-state index contributed by atoms with van der Waals surface area (Å²) in [7, 11) is -3.72. The molecule has 0 heterocycles. The topological polar surface area (TPSA) is 104 Å². The quantitative estimate of drug-likeness (QED) is 0.607. The predicted octanol–water partition coefficient (Wildman–Crippen LogP) is 2.75. The fourth-order valence-corrected chi connectivity index (χ4v) is 3.26. The first-order chi connectivity index (χ1) is 13.6. The summed E-state index contributed by atoms with van der Waals surface area (Å²) < 4.78 is 26.3. The van der Waals surface area contributed by atoms with Crippen LogP contribution in [0.1, 0.15) is 29.8 Å². The van der Waals surface area contributed by atoms with E-state index in [-0.39, 0.29) is 28.8 Å². The van der Waals surface area contributed by atoms with E-state index in [1.165, 1.54) is 24.3 Å². The normalized spacial score (nSPS) is 11.0. The van der Waals surface area contributed by atoms with Crippen molar-refractivity contribution in [1.82, 2.24) is 4.72 Å². The van der Waals surface area contributed by atoms with Gasteiger partial charge in [0.05, 0.1) is 11.4 Å². The highest BCUT2D eigenvalue weighted by molar-refractivity contribution is 7.89. The first kappa shape index (κ1) is 22.1. The van der Waals surface area contributed by atoms with Gasteiger partial charge in [-0.15, -0.1) is 6.42 Å². The van der Waals surface area contributed by atoms with Crippen molar-refractivity contribution in [3.8, 4) is 12.3 Å². The van der Waals surface area contributed by atoms with Crippen molar-refractivity contribution in [2.24, 2.45) is 5.92 Å². The molecule has 0 atom stereocenters. The number of anilines is 2. The van der Waals surface area contributed by atoms with Gasteiger partial charge in [-0.3, -0.25) is 9.59 Å². The van der Waals surface area contributed by atoms with Gasteiger partial charge >= 0.3 is 0 Å². The van der Waals surface area contributed by atoms with Crippen LogP contribution in [0, 0.1) is 25.2 Å². The van der Waals surface area contributed by atoms with Crippen LogP contribution in [-0.4, -0.2) is 26.8 Å². The highest BCUT2D eigenvalue weighted by Gasteiger charge is 2.15. The molecule has 2 amide bonds. The predicted molar refractivity (Wildman–Crippen MR) is 113 cm³/mol. The van der Waals surface area contributed by atoms with E-state index >= 15 is 0 Å². The number of benzene rings is 2. The van der Waals surface area contributed by atoms with Crippen molar-refractivity contribution >= 4 is 33.2 Å². The average Bonchev–Trinajstić information content (AvgIpc) is 2.69. The molecule has 0 unspecified atom stereocenters. The number of amides is 2. The Morgan fingerprint density at radius 3 is 2.31 bits per heavy atom. The lowest BCUT2D eigenvalue weighted by Gasteiger charge is -2.13. The molecule has 0 aromatic heterocycles. The van der Waals surface area contributed by atoms with Crippen LogP contribution in [0.25, 0.3) is 0 Å². The molecule has 29 heavy (non-hydrogen) atoms. The molecule has 0 saturated carbocycles. The summed E-state index contributed by atoms with van der Waals surface area (Å²) in [6, 6.07) is 10.7. The minimum atomic E-state index is -3.72. The Bertz CT molecular complexity index is 1050. The van der Waals surface area contributed by atoms with E-state index in [0.717, 1.165) is 5.56 Å². The van der Waals surface area contributed by atoms with E-state index in [9.17, 15) is 18.0 Å². The van der Waals surface area contributed by atoms with Crippen molar-refractivity contribution in [2.75, 3.05) is 17.2 Å². The summed E-state index contributed by atoms with van der Waals surface area (Å²) >= 11 is 0. The Morgan fingerprint density at radius 1 is 1.07 bits per heavy atom. The summed E-state index contributed by atoms with van der Waals surface area (Å²) in [5.74, 6) is 1.50. The maximum absolute atomic E-state index is 12.6. The fourth-order valence-electron chi connectivity index (χ4n) is 2.32. The Labute approximate surface area is 171 Å². The van der Waals surface area contributed by atoms with Crippen molar-refractivity contribution in [1.29, 1.82) is 0 Å². The van der Waals surface area contributed by atoms with Crippen LogP contribution in [-0.2, 0) is 14.8 Å². The SMILES string of the molecule is C#CCNS(=O)(=O)c1ccc(C(=O)Nc2cc(NC(=O)C(C)C)ccc2C)cc1. The van der Waals surface area contributed by atoms with Crippen molar-refractivity contribution < 1.29 is 18.0 Å². The standard InChI is InChI=1S/C21H23N3O4S/c1-5-12-22-29(27,28)18-10-7-16(8-11-18)21(26)24-19-13-17(9-6-15(19)4)23-20(25)14(2)3/h1,6-11,13-14,22H,12H2,2-4H3,(H,23,25)(H,24,26). The number of hydrogen-bond acceptors (Lipinski definition) is 4. The van der Waals surface area contributed by atoms with Crippen LogP contribution >= 0.6 is 0 Å². The molecule has 3 N–H and O–H groups in total. The second-order valence-corrected chi connectivity index (χ2v) is 8.45. The lowest BCUT2D eigenvalue weighted by atomic mass is 10.1. The molecule has 2 aromatic rings. The van der Waals surface area contributed by atoms with Crippen LogP contribution in [0.15, 0.2) is 47.4 Å². The van der Waals surface area contributed by atoms with Gasteiger partial charge in [-0.25, -0.2) is 8.42 Å². The van der Waals surface area contributed by atoms with Crippen LogP contribution in [0.5, 0.6) is 0 Å². The van der Waals surface area contributed by atoms with Gasteiger partial charge in [-0.2, -0.15) is 4.72 Å². The molecule has 0 fully saturated rings.